The number of halogens is 3. The number of rotatable bonds is 3. The maximum atomic E-state index is 13.1. The van der Waals surface area contributed by atoms with Gasteiger partial charge in [-0.1, -0.05) is 19.1 Å². The number of benzene rings is 1. The second kappa shape index (κ2) is 3.15. The fourth-order valence-corrected chi connectivity index (χ4v) is 1.40. The van der Waals surface area contributed by atoms with E-state index >= 15 is 0 Å². The van der Waals surface area contributed by atoms with Gasteiger partial charge in [-0.3, -0.25) is 0 Å². The highest BCUT2D eigenvalue weighted by atomic mass is 19.3. The third-order valence-corrected chi connectivity index (χ3v) is 2.75. The van der Waals surface area contributed by atoms with Crippen molar-refractivity contribution in [1.82, 2.24) is 0 Å². The van der Waals surface area contributed by atoms with Crippen LogP contribution in [0.2, 0.25) is 0 Å². The highest BCUT2D eigenvalue weighted by Crippen LogP contribution is 2.60. The summed E-state index contributed by atoms with van der Waals surface area (Å²) in [5.74, 6) is -3.16. The number of para-hydroxylation sites is 1. The first-order valence-electron chi connectivity index (χ1n) is 4.70. The van der Waals surface area contributed by atoms with Crippen molar-refractivity contribution in [1.29, 1.82) is 0 Å². The standard InChI is InChI=1S/C11H11F3O/c1-10(6-11(10,13)14)7-15-9-5-3-2-4-8(9)12/h2-5H,6-7H2,1H3. The van der Waals surface area contributed by atoms with E-state index < -0.39 is 17.2 Å². The van der Waals surface area contributed by atoms with Crippen LogP contribution in [0, 0.1) is 11.2 Å². The van der Waals surface area contributed by atoms with Crippen LogP contribution >= 0.6 is 0 Å². The lowest BCUT2D eigenvalue weighted by Crippen LogP contribution is -2.17. The first-order valence-corrected chi connectivity index (χ1v) is 4.70. The molecule has 1 unspecified atom stereocenters. The van der Waals surface area contributed by atoms with Crippen molar-refractivity contribution in [2.45, 2.75) is 19.3 Å². The quantitative estimate of drug-likeness (QED) is 0.753. The fourth-order valence-electron chi connectivity index (χ4n) is 1.40. The number of hydrogen-bond donors (Lipinski definition) is 0. The first kappa shape index (κ1) is 10.3. The smallest absolute Gasteiger partial charge is 0.257 e. The van der Waals surface area contributed by atoms with Crippen molar-refractivity contribution in [2.75, 3.05) is 6.61 Å². The second-order valence-electron chi connectivity index (χ2n) is 4.16. The Balaban J connectivity index is 1.98. The minimum absolute atomic E-state index is 0.0291. The van der Waals surface area contributed by atoms with Crippen LogP contribution in [-0.2, 0) is 0 Å². The summed E-state index contributed by atoms with van der Waals surface area (Å²) >= 11 is 0. The number of ether oxygens (including phenoxy) is 1. The van der Waals surface area contributed by atoms with Gasteiger partial charge in [0.15, 0.2) is 11.6 Å². The highest BCUT2D eigenvalue weighted by Gasteiger charge is 2.68. The van der Waals surface area contributed by atoms with Crippen LogP contribution < -0.4 is 4.74 Å². The molecular weight excluding hydrogens is 205 g/mol. The molecule has 1 atom stereocenters. The van der Waals surface area contributed by atoms with Crippen molar-refractivity contribution in [3.63, 3.8) is 0 Å². The zero-order chi connectivity index (χ0) is 11.1. The molecule has 0 heterocycles. The molecule has 4 heteroatoms. The second-order valence-corrected chi connectivity index (χ2v) is 4.16. The predicted molar refractivity (Wildman–Crippen MR) is 49.6 cm³/mol. The summed E-state index contributed by atoms with van der Waals surface area (Å²) in [7, 11) is 0. The molecule has 0 aliphatic heterocycles. The van der Waals surface area contributed by atoms with Crippen molar-refractivity contribution >= 4 is 0 Å². The van der Waals surface area contributed by atoms with Gasteiger partial charge in [-0.2, -0.15) is 0 Å². The lowest BCUT2D eigenvalue weighted by Gasteiger charge is -2.12. The maximum absolute atomic E-state index is 13.1. The Hall–Kier alpha value is -1.19. The Morgan fingerprint density at radius 3 is 2.47 bits per heavy atom. The Morgan fingerprint density at radius 2 is 1.93 bits per heavy atom. The Kier molecular flexibility index (Phi) is 2.17. The predicted octanol–water partition coefficient (Wildman–Crippen LogP) is 3.25. The van der Waals surface area contributed by atoms with Crippen molar-refractivity contribution in [2.24, 2.45) is 5.41 Å². The summed E-state index contributed by atoms with van der Waals surface area (Å²) in [4.78, 5) is 0. The van der Waals surface area contributed by atoms with E-state index in [2.05, 4.69) is 0 Å². The van der Waals surface area contributed by atoms with Crippen LogP contribution in [-0.4, -0.2) is 12.5 Å². The molecule has 15 heavy (non-hydrogen) atoms. The van der Waals surface area contributed by atoms with E-state index in [0.29, 0.717) is 0 Å². The van der Waals surface area contributed by atoms with Gasteiger partial charge in [-0.05, 0) is 12.1 Å². The Bertz CT molecular complexity index is 378. The van der Waals surface area contributed by atoms with Crippen molar-refractivity contribution in [3.8, 4) is 5.75 Å². The van der Waals surface area contributed by atoms with Gasteiger partial charge in [0.2, 0.25) is 0 Å². The lowest BCUT2D eigenvalue weighted by atomic mass is 10.1. The summed E-state index contributed by atoms with van der Waals surface area (Å²) in [6.45, 7) is 1.29. The highest BCUT2D eigenvalue weighted by molar-refractivity contribution is 5.24. The molecule has 0 N–H and O–H groups in total. The zero-order valence-electron chi connectivity index (χ0n) is 8.27. The lowest BCUT2D eigenvalue weighted by molar-refractivity contribution is 0.0491. The summed E-state index contributed by atoms with van der Waals surface area (Å²) in [5, 5.41) is 0. The molecule has 0 spiro atoms. The average Bonchev–Trinajstić information content (AvgIpc) is 2.65. The SMILES string of the molecule is CC1(COc2ccccc2F)CC1(F)F. The molecule has 1 aromatic carbocycles. The van der Waals surface area contributed by atoms with E-state index in [-0.39, 0.29) is 18.8 Å². The van der Waals surface area contributed by atoms with Crippen LogP contribution in [0.15, 0.2) is 24.3 Å². The third kappa shape index (κ3) is 1.80. The van der Waals surface area contributed by atoms with Crippen molar-refractivity contribution in [3.05, 3.63) is 30.1 Å². The molecule has 0 amide bonds. The molecule has 0 radical (unpaired) electrons. The average molecular weight is 216 g/mol. The van der Waals surface area contributed by atoms with Gasteiger partial charge >= 0.3 is 0 Å². The summed E-state index contributed by atoms with van der Waals surface area (Å²) < 4.78 is 43.7. The topological polar surface area (TPSA) is 9.23 Å². The molecule has 82 valence electrons. The maximum Gasteiger partial charge on any atom is 0.257 e. The molecule has 1 nitrogen and oxygen atoms in total. The molecule has 1 aliphatic rings. The van der Waals surface area contributed by atoms with E-state index in [4.69, 9.17) is 4.74 Å². The van der Waals surface area contributed by atoms with E-state index in [9.17, 15) is 13.2 Å². The van der Waals surface area contributed by atoms with Gasteiger partial charge in [-0.15, -0.1) is 0 Å². The Morgan fingerprint density at radius 1 is 1.33 bits per heavy atom. The van der Waals surface area contributed by atoms with Gasteiger partial charge < -0.3 is 4.74 Å². The molecular formula is C11H11F3O. The van der Waals surface area contributed by atoms with Gasteiger partial charge in [0.05, 0.1) is 12.0 Å². The number of hydrogen-bond acceptors (Lipinski definition) is 1. The van der Waals surface area contributed by atoms with Gasteiger partial charge in [0.25, 0.3) is 5.92 Å². The van der Waals surface area contributed by atoms with Gasteiger partial charge in [0.1, 0.15) is 0 Å². The van der Waals surface area contributed by atoms with E-state index in [1.807, 2.05) is 0 Å². The summed E-state index contributed by atoms with van der Waals surface area (Å²) in [5.41, 5.74) is -1.13. The van der Waals surface area contributed by atoms with E-state index in [1.54, 1.807) is 6.07 Å². The van der Waals surface area contributed by atoms with Crippen LogP contribution in [0.25, 0.3) is 0 Å². The molecule has 1 fully saturated rings. The van der Waals surface area contributed by atoms with Crippen LogP contribution in [0.4, 0.5) is 13.2 Å². The molecule has 0 bridgehead atoms. The van der Waals surface area contributed by atoms with Gasteiger partial charge in [0, 0.05) is 6.42 Å². The van der Waals surface area contributed by atoms with E-state index in [0.717, 1.165) is 0 Å². The van der Waals surface area contributed by atoms with Crippen LogP contribution in [0.1, 0.15) is 13.3 Å². The minimum Gasteiger partial charge on any atom is -0.490 e. The van der Waals surface area contributed by atoms with Crippen molar-refractivity contribution < 1.29 is 17.9 Å². The zero-order valence-corrected chi connectivity index (χ0v) is 8.27. The van der Waals surface area contributed by atoms with Crippen LogP contribution in [0.3, 0.4) is 0 Å². The minimum atomic E-state index is -2.67. The number of alkyl halides is 2. The Labute approximate surface area is 85.9 Å². The molecule has 0 aromatic heterocycles. The third-order valence-electron chi connectivity index (χ3n) is 2.75. The largest absolute Gasteiger partial charge is 0.490 e. The molecule has 2 rings (SSSR count). The monoisotopic (exact) mass is 216 g/mol. The molecule has 1 aromatic rings. The molecule has 1 aliphatic carbocycles. The first-order chi connectivity index (χ1) is 6.95. The normalized spacial score (nSPS) is 27.5. The molecule has 1 saturated carbocycles. The summed E-state index contributed by atoms with van der Waals surface area (Å²) in [6.07, 6.45) is -0.186. The van der Waals surface area contributed by atoms with Gasteiger partial charge in [-0.25, -0.2) is 13.2 Å². The fraction of sp³-hybridized carbons (Fsp3) is 0.455. The van der Waals surface area contributed by atoms with Crippen LogP contribution in [0.5, 0.6) is 5.75 Å². The summed E-state index contributed by atoms with van der Waals surface area (Å²) in [6, 6.07) is 5.79. The molecule has 0 saturated heterocycles. The van der Waals surface area contributed by atoms with E-state index in [1.165, 1.54) is 25.1 Å².